The molecule has 0 aliphatic rings. The molecule has 0 unspecified atom stereocenters. The van der Waals surface area contributed by atoms with Gasteiger partial charge in [0.25, 0.3) is 0 Å². The van der Waals surface area contributed by atoms with Crippen molar-refractivity contribution in [2.75, 3.05) is 0 Å². The van der Waals surface area contributed by atoms with E-state index in [0.29, 0.717) is 5.46 Å². The Bertz CT molecular complexity index is 176. The van der Waals surface area contributed by atoms with Gasteiger partial charge in [-0.25, -0.2) is 0 Å². The summed E-state index contributed by atoms with van der Waals surface area (Å²) in [6.07, 6.45) is 0. The fourth-order valence-electron chi connectivity index (χ4n) is 0.625. The molecule has 1 aromatic heterocycles. The monoisotopic (exact) mass is 120 g/mol. The first-order chi connectivity index (χ1) is 4.30. The zero-order chi connectivity index (χ0) is 6.69. The van der Waals surface area contributed by atoms with Crippen molar-refractivity contribution in [1.82, 2.24) is 0 Å². The van der Waals surface area contributed by atoms with Crippen molar-refractivity contribution in [3.05, 3.63) is 24.1 Å². The van der Waals surface area contributed by atoms with E-state index >= 15 is 0 Å². The first-order valence-electron chi connectivity index (χ1n) is 2.72. The molecule has 44 valence electrons. The van der Waals surface area contributed by atoms with Crippen LogP contribution in [0.15, 0.2) is 24.1 Å². The van der Waals surface area contributed by atoms with Gasteiger partial charge in [-0.1, -0.05) is 0 Å². The van der Waals surface area contributed by atoms with Crippen molar-refractivity contribution in [2.24, 2.45) is 0 Å². The van der Waals surface area contributed by atoms with Gasteiger partial charge < -0.3 is 0 Å². The second-order valence-corrected chi connectivity index (χ2v) is 1.78. The van der Waals surface area contributed by atoms with Gasteiger partial charge in [-0.15, -0.1) is 0 Å². The van der Waals surface area contributed by atoms with Gasteiger partial charge in [-0.2, -0.15) is 0 Å². The molecule has 0 saturated heterocycles. The minimum atomic E-state index is -1.34. The van der Waals surface area contributed by atoms with Crippen molar-refractivity contribution in [3.63, 3.8) is 0 Å². The van der Waals surface area contributed by atoms with E-state index in [1.165, 1.54) is 0 Å². The third-order valence-corrected chi connectivity index (χ3v) is 1.10. The second kappa shape index (κ2) is 2.80. The zero-order valence-electron chi connectivity index (χ0n) is 4.86. The molecule has 0 aromatic carbocycles. The fraction of sp³-hybridized carbons (Fsp3) is 0. The van der Waals surface area contributed by atoms with Gasteiger partial charge in [0.05, 0.1) is 0 Å². The van der Waals surface area contributed by atoms with Crippen LogP contribution in [-0.2, 0) is 0 Å². The third-order valence-electron chi connectivity index (χ3n) is 1.10. The van der Waals surface area contributed by atoms with E-state index in [4.69, 9.17) is 10.0 Å². The predicted molar refractivity (Wildman–Crippen MR) is 37.6 cm³/mol. The summed E-state index contributed by atoms with van der Waals surface area (Å²) in [6, 6.07) is 3.42. The topological polar surface area (TPSA) is 40.5 Å². The molecular weight excluding hydrogens is 114 g/mol. The van der Waals surface area contributed by atoms with Crippen LogP contribution in [0.2, 0.25) is 0 Å². The average molecular weight is 120 g/mol. The van der Waals surface area contributed by atoms with Gasteiger partial charge in [0, 0.05) is 0 Å². The molecular formula is C5H6B2O2. The van der Waals surface area contributed by atoms with Gasteiger partial charge in [0.1, 0.15) is 0 Å². The summed E-state index contributed by atoms with van der Waals surface area (Å²) >= 11 is 0. The summed E-state index contributed by atoms with van der Waals surface area (Å²) in [5.74, 6) is 3.48. The molecule has 0 aliphatic heterocycles. The van der Waals surface area contributed by atoms with Gasteiger partial charge in [-0.3, -0.25) is 0 Å². The van der Waals surface area contributed by atoms with E-state index in [1.54, 1.807) is 25.0 Å². The first kappa shape index (κ1) is 6.52. The molecule has 1 aromatic rings. The van der Waals surface area contributed by atoms with Gasteiger partial charge >= 0.3 is 53.6 Å². The second-order valence-electron chi connectivity index (χ2n) is 1.78. The Morgan fingerprint density at radius 2 is 2.22 bits per heavy atom. The number of hydrogen-bond acceptors (Lipinski definition) is 2. The van der Waals surface area contributed by atoms with E-state index in [-0.39, 0.29) is 0 Å². The maximum atomic E-state index is 8.58. The molecule has 1 heterocycles. The van der Waals surface area contributed by atoms with Crippen molar-refractivity contribution >= 4 is 19.5 Å². The summed E-state index contributed by atoms with van der Waals surface area (Å²) in [4.78, 5) is 0. The summed E-state index contributed by atoms with van der Waals surface area (Å²) in [7, 11) is -1.34. The number of hydrogen-bond donors (Lipinski definition) is 2. The molecule has 0 bridgehead atoms. The van der Waals surface area contributed by atoms with Crippen LogP contribution in [0, 0.1) is 0 Å². The maximum absolute atomic E-state index is 8.58. The SMILES string of the molecule is OB(O)c1cbccc1. The Hall–Kier alpha value is -0.600. The van der Waals surface area contributed by atoms with E-state index in [2.05, 4.69) is 0 Å². The first-order valence-corrected chi connectivity index (χ1v) is 2.72. The molecule has 0 aliphatic carbocycles. The van der Waals surface area contributed by atoms with E-state index in [0.717, 1.165) is 0 Å². The number of rotatable bonds is 1. The molecule has 4 heteroatoms. The van der Waals surface area contributed by atoms with Crippen molar-refractivity contribution in [3.8, 4) is 0 Å². The van der Waals surface area contributed by atoms with Gasteiger partial charge in [0.15, 0.2) is 0 Å². The molecule has 0 fully saturated rings. The molecule has 0 amide bonds. The predicted octanol–water partition coefficient (Wildman–Crippen LogP) is -1.30. The Kier molecular flexibility index (Phi) is 2.03. The Morgan fingerprint density at radius 3 is 2.56 bits per heavy atom. The van der Waals surface area contributed by atoms with Crippen LogP contribution >= 0.6 is 0 Å². The van der Waals surface area contributed by atoms with Crippen LogP contribution < -0.4 is 5.46 Å². The normalized spacial score (nSPS) is 8.67. The Labute approximate surface area is 54.5 Å². The van der Waals surface area contributed by atoms with Crippen LogP contribution in [0.1, 0.15) is 0 Å². The van der Waals surface area contributed by atoms with E-state index in [9.17, 15) is 0 Å². The van der Waals surface area contributed by atoms with Crippen LogP contribution in [-0.4, -0.2) is 24.1 Å². The van der Waals surface area contributed by atoms with Crippen LogP contribution in [0.4, 0.5) is 0 Å². The standard InChI is InChI=1S/C5H6B2O2/c8-7(9)5-2-1-3-6-4-5/h1-4,8-9H. The molecule has 2 nitrogen and oxygen atoms in total. The van der Waals surface area contributed by atoms with Gasteiger partial charge in [-0.05, 0) is 0 Å². The van der Waals surface area contributed by atoms with Crippen LogP contribution in [0.5, 0.6) is 0 Å². The van der Waals surface area contributed by atoms with Crippen LogP contribution in [0.3, 0.4) is 0 Å². The Morgan fingerprint density at radius 1 is 1.44 bits per heavy atom. The Balaban J connectivity index is 2.85. The zero-order valence-corrected chi connectivity index (χ0v) is 4.86. The van der Waals surface area contributed by atoms with Crippen molar-refractivity contribution in [2.45, 2.75) is 0 Å². The quantitative estimate of drug-likeness (QED) is 0.452. The summed E-state index contributed by atoms with van der Waals surface area (Å²) in [6.45, 7) is 1.76. The van der Waals surface area contributed by atoms with Crippen molar-refractivity contribution < 1.29 is 10.0 Å². The molecule has 0 saturated carbocycles. The van der Waals surface area contributed by atoms with Crippen LogP contribution in [0.25, 0.3) is 0 Å². The molecule has 2 N–H and O–H groups in total. The summed E-state index contributed by atoms with van der Waals surface area (Å²) in [5, 5.41) is 17.2. The minimum absolute atomic E-state index is 0.525. The average Bonchev–Trinajstić information content (AvgIpc) is 1.90. The van der Waals surface area contributed by atoms with Crippen molar-refractivity contribution in [1.29, 1.82) is 0 Å². The summed E-state index contributed by atoms with van der Waals surface area (Å²) < 4.78 is 0. The fourth-order valence-corrected chi connectivity index (χ4v) is 0.625. The molecule has 0 radical (unpaired) electrons. The summed E-state index contributed by atoms with van der Waals surface area (Å²) in [5.41, 5.74) is 0.525. The van der Waals surface area contributed by atoms with E-state index < -0.39 is 7.12 Å². The molecule has 0 spiro atoms. The molecule has 1 rings (SSSR count). The van der Waals surface area contributed by atoms with Gasteiger partial charge in [0.2, 0.25) is 0 Å². The molecule has 9 heavy (non-hydrogen) atoms. The molecule has 0 atom stereocenters. The van der Waals surface area contributed by atoms with E-state index in [1.807, 2.05) is 5.96 Å². The third kappa shape index (κ3) is 1.66.